The molecule has 4 nitrogen and oxygen atoms in total. The lowest BCUT2D eigenvalue weighted by Gasteiger charge is -2.31. The van der Waals surface area contributed by atoms with E-state index in [0.717, 1.165) is 43.1 Å². The maximum absolute atomic E-state index is 12.1. The highest BCUT2D eigenvalue weighted by Gasteiger charge is 2.22. The van der Waals surface area contributed by atoms with E-state index >= 15 is 0 Å². The first-order valence-corrected chi connectivity index (χ1v) is 10.3. The molecule has 7 heteroatoms. The van der Waals surface area contributed by atoms with E-state index in [1.165, 1.54) is 16.0 Å². The Morgan fingerprint density at radius 1 is 1.20 bits per heavy atom. The Hall–Kier alpha value is -1.63. The molecule has 0 radical (unpaired) electrons. The number of carbonyl (C=O) groups is 1. The van der Waals surface area contributed by atoms with Crippen LogP contribution in [0.2, 0.25) is 4.34 Å². The van der Waals surface area contributed by atoms with Crippen molar-refractivity contribution in [3.63, 3.8) is 0 Å². The third-order valence-corrected chi connectivity index (χ3v) is 6.84. The number of thiazole rings is 1. The maximum atomic E-state index is 12.1. The second-order valence-electron chi connectivity index (χ2n) is 6.21. The predicted octanol–water partition coefficient (Wildman–Crippen LogP) is 4.66. The molecule has 1 saturated heterocycles. The SMILES string of the molecule is O=C(NCC1CCN(c2nc3ccccc3s2)CC1)c1ccc(Cl)s1. The number of amides is 1. The number of thiophene rings is 1. The molecular weight excluding hydrogens is 374 g/mol. The fraction of sp³-hybridized carbons (Fsp3) is 0.333. The van der Waals surface area contributed by atoms with Gasteiger partial charge in [-0.15, -0.1) is 11.3 Å². The molecule has 0 spiro atoms. The summed E-state index contributed by atoms with van der Waals surface area (Å²) in [5.74, 6) is 0.496. The molecule has 3 aromatic rings. The van der Waals surface area contributed by atoms with Crippen LogP contribution in [0.4, 0.5) is 5.13 Å². The van der Waals surface area contributed by atoms with Crippen molar-refractivity contribution in [1.82, 2.24) is 10.3 Å². The number of para-hydroxylation sites is 1. The molecule has 0 saturated carbocycles. The first-order valence-electron chi connectivity index (χ1n) is 8.33. The highest BCUT2D eigenvalue weighted by molar-refractivity contribution is 7.22. The van der Waals surface area contributed by atoms with Gasteiger partial charge in [0.2, 0.25) is 0 Å². The van der Waals surface area contributed by atoms with Crippen LogP contribution in [0.1, 0.15) is 22.5 Å². The fourth-order valence-corrected chi connectivity index (χ4v) is 5.06. The number of rotatable bonds is 4. The van der Waals surface area contributed by atoms with Gasteiger partial charge in [-0.25, -0.2) is 4.98 Å². The molecule has 0 bridgehead atoms. The normalized spacial score (nSPS) is 15.6. The van der Waals surface area contributed by atoms with Gasteiger partial charge in [0.1, 0.15) is 0 Å². The van der Waals surface area contributed by atoms with Crippen molar-refractivity contribution in [3.05, 3.63) is 45.6 Å². The predicted molar refractivity (Wildman–Crippen MR) is 106 cm³/mol. The molecule has 1 N–H and O–H groups in total. The lowest BCUT2D eigenvalue weighted by Crippen LogP contribution is -2.38. The van der Waals surface area contributed by atoms with Crippen molar-refractivity contribution in [2.45, 2.75) is 12.8 Å². The summed E-state index contributed by atoms with van der Waals surface area (Å²) in [5.41, 5.74) is 1.08. The van der Waals surface area contributed by atoms with E-state index in [1.807, 2.05) is 6.07 Å². The number of nitrogens with one attached hydrogen (secondary N) is 1. The maximum Gasteiger partial charge on any atom is 0.261 e. The highest BCUT2D eigenvalue weighted by Crippen LogP contribution is 2.31. The van der Waals surface area contributed by atoms with E-state index in [9.17, 15) is 4.79 Å². The highest BCUT2D eigenvalue weighted by atomic mass is 35.5. The van der Waals surface area contributed by atoms with Gasteiger partial charge in [0.15, 0.2) is 5.13 Å². The second kappa shape index (κ2) is 7.32. The first-order chi connectivity index (χ1) is 12.2. The van der Waals surface area contributed by atoms with Gasteiger partial charge in [0.05, 0.1) is 19.4 Å². The lowest BCUT2D eigenvalue weighted by atomic mass is 9.97. The minimum Gasteiger partial charge on any atom is -0.351 e. The van der Waals surface area contributed by atoms with Crippen LogP contribution in [0.3, 0.4) is 0 Å². The number of anilines is 1. The minimum atomic E-state index is -0.0227. The zero-order valence-electron chi connectivity index (χ0n) is 13.6. The number of nitrogens with zero attached hydrogens (tertiary/aromatic N) is 2. The van der Waals surface area contributed by atoms with Crippen molar-refractivity contribution < 1.29 is 4.79 Å². The van der Waals surface area contributed by atoms with Crippen molar-refractivity contribution in [2.24, 2.45) is 5.92 Å². The van der Waals surface area contributed by atoms with Crippen LogP contribution in [-0.2, 0) is 0 Å². The Kier molecular flexibility index (Phi) is 4.92. The number of carbonyl (C=O) groups excluding carboxylic acids is 1. The molecule has 1 amide bonds. The zero-order valence-corrected chi connectivity index (χ0v) is 16.0. The number of fused-ring (bicyclic) bond motifs is 1. The van der Waals surface area contributed by atoms with Crippen molar-refractivity contribution in [2.75, 3.05) is 24.5 Å². The van der Waals surface area contributed by atoms with E-state index in [0.29, 0.717) is 15.1 Å². The van der Waals surface area contributed by atoms with Crippen LogP contribution in [-0.4, -0.2) is 30.5 Å². The van der Waals surface area contributed by atoms with Gasteiger partial charge in [-0.05, 0) is 43.0 Å². The van der Waals surface area contributed by atoms with E-state index in [2.05, 4.69) is 28.4 Å². The van der Waals surface area contributed by atoms with Gasteiger partial charge < -0.3 is 10.2 Å². The van der Waals surface area contributed by atoms with E-state index in [4.69, 9.17) is 16.6 Å². The summed E-state index contributed by atoms with van der Waals surface area (Å²) in [5, 5.41) is 4.15. The van der Waals surface area contributed by atoms with Crippen molar-refractivity contribution in [3.8, 4) is 0 Å². The topological polar surface area (TPSA) is 45.2 Å². The van der Waals surface area contributed by atoms with Crippen LogP contribution in [0, 0.1) is 5.92 Å². The van der Waals surface area contributed by atoms with Crippen molar-refractivity contribution in [1.29, 1.82) is 0 Å². The first kappa shape index (κ1) is 16.8. The molecular formula is C18H18ClN3OS2. The van der Waals surface area contributed by atoms with Crippen molar-refractivity contribution >= 4 is 55.5 Å². The number of hydrogen-bond donors (Lipinski definition) is 1. The number of halogens is 1. The van der Waals surface area contributed by atoms with Crippen LogP contribution >= 0.6 is 34.3 Å². The smallest absolute Gasteiger partial charge is 0.261 e. The zero-order chi connectivity index (χ0) is 17.2. The minimum absolute atomic E-state index is 0.0227. The second-order valence-corrected chi connectivity index (χ2v) is 8.93. The number of hydrogen-bond acceptors (Lipinski definition) is 5. The number of piperidine rings is 1. The third kappa shape index (κ3) is 3.81. The molecule has 25 heavy (non-hydrogen) atoms. The molecule has 1 aliphatic rings. The molecule has 1 aromatic carbocycles. The summed E-state index contributed by atoms with van der Waals surface area (Å²) in [4.78, 5) is 19.9. The summed E-state index contributed by atoms with van der Waals surface area (Å²) >= 11 is 8.96. The van der Waals surface area contributed by atoms with Gasteiger partial charge in [-0.1, -0.05) is 35.1 Å². The molecule has 0 atom stereocenters. The average molecular weight is 392 g/mol. The Morgan fingerprint density at radius 3 is 2.72 bits per heavy atom. The molecule has 0 unspecified atom stereocenters. The molecule has 130 valence electrons. The number of aromatic nitrogens is 1. The average Bonchev–Trinajstić information content (AvgIpc) is 3.26. The third-order valence-electron chi connectivity index (χ3n) is 4.52. The summed E-state index contributed by atoms with van der Waals surface area (Å²) in [6.07, 6.45) is 2.14. The van der Waals surface area contributed by atoms with Gasteiger partial charge in [0.25, 0.3) is 5.91 Å². The monoisotopic (exact) mass is 391 g/mol. The molecule has 2 aromatic heterocycles. The Bertz CT molecular complexity index is 850. The Balaban J connectivity index is 1.30. The molecule has 1 fully saturated rings. The summed E-state index contributed by atoms with van der Waals surface area (Å²) < 4.78 is 1.88. The van der Waals surface area contributed by atoms with Crippen LogP contribution in [0.5, 0.6) is 0 Å². The largest absolute Gasteiger partial charge is 0.351 e. The molecule has 4 rings (SSSR count). The lowest BCUT2D eigenvalue weighted by molar-refractivity contribution is 0.0949. The summed E-state index contributed by atoms with van der Waals surface area (Å²) in [7, 11) is 0. The van der Waals surface area contributed by atoms with E-state index in [1.54, 1.807) is 23.5 Å². The molecule has 0 aliphatic carbocycles. The van der Waals surface area contributed by atoms with Crippen LogP contribution in [0.15, 0.2) is 36.4 Å². The summed E-state index contributed by atoms with van der Waals surface area (Å²) in [6, 6.07) is 11.8. The Labute approximate surface area is 159 Å². The molecule has 3 heterocycles. The van der Waals surface area contributed by atoms with Gasteiger partial charge >= 0.3 is 0 Å². The van der Waals surface area contributed by atoms with E-state index < -0.39 is 0 Å². The van der Waals surface area contributed by atoms with Gasteiger partial charge in [-0.2, -0.15) is 0 Å². The standard InChI is InChI=1S/C18H18ClN3OS2/c19-16-6-5-15(24-16)17(23)20-11-12-7-9-22(10-8-12)18-21-13-3-1-2-4-14(13)25-18/h1-6,12H,7-11H2,(H,20,23). The summed E-state index contributed by atoms with van der Waals surface area (Å²) in [6.45, 7) is 2.71. The quantitative estimate of drug-likeness (QED) is 0.703. The van der Waals surface area contributed by atoms with Gasteiger partial charge in [-0.3, -0.25) is 4.79 Å². The molecule has 1 aliphatic heterocycles. The fourth-order valence-electron chi connectivity index (χ4n) is 3.08. The Morgan fingerprint density at radius 2 is 2.00 bits per heavy atom. The van der Waals surface area contributed by atoms with Gasteiger partial charge in [0, 0.05) is 19.6 Å². The van der Waals surface area contributed by atoms with Crippen LogP contribution in [0.25, 0.3) is 10.2 Å². The van der Waals surface area contributed by atoms with Crippen LogP contribution < -0.4 is 10.2 Å². The number of benzene rings is 1. The van der Waals surface area contributed by atoms with E-state index in [-0.39, 0.29) is 5.91 Å².